The lowest BCUT2D eigenvalue weighted by Gasteiger charge is -2.39. The standard InChI is InChI=1S/C12H22O11/c13-1-4-6(15)8(17)9(18)11(22-4)21-2-5-7(16)10(19)12(20,3-14)23-5/h4-11,13-20H,1-3H2/t4?,5-,6-,7+,8?,9?,10+,11+,12?/m1/s1. The molecule has 11 heteroatoms. The fourth-order valence-corrected chi connectivity index (χ4v) is 2.53. The second-order valence-corrected chi connectivity index (χ2v) is 5.63. The summed E-state index contributed by atoms with van der Waals surface area (Å²) < 4.78 is 15.2. The summed E-state index contributed by atoms with van der Waals surface area (Å²) in [5, 5.41) is 76.1. The molecule has 0 radical (unpaired) electrons. The van der Waals surface area contributed by atoms with Gasteiger partial charge in [-0.15, -0.1) is 0 Å². The van der Waals surface area contributed by atoms with Crippen LogP contribution in [0.1, 0.15) is 0 Å². The molecule has 2 aliphatic heterocycles. The Morgan fingerprint density at radius 2 is 1.52 bits per heavy atom. The average molecular weight is 342 g/mol. The smallest absolute Gasteiger partial charge is 0.219 e. The van der Waals surface area contributed by atoms with E-state index in [2.05, 4.69) is 0 Å². The zero-order valence-corrected chi connectivity index (χ0v) is 12.0. The Morgan fingerprint density at radius 3 is 2.04 bits per heavy atom. The monoisotopic (exact) mass is 342 g/mol. The van der Waals surface area contributed by atoms with E-state index in [9.17, 15) is 30.6 Å². The van der Waals surface area contributed by atoms with Crippen LogP contribution in [0.2, 0.25) is 0 Å². The van der Waals surface area contributed by atoms with Crippen LogP contribution >= 0.6 is 0 Å². The van der Waals surface area contributed by atoms with Crippen molar-refractivity contribution in [2.75, 3.05) is 19.8 Å². The lowest BCUT2D eigenvalue weighted by molar-refractivity contribution is -0.310. The number of hydrogen-bond acceptors (Lipinski definition) is 11. The first-order chi connectivity index (χ1) is 10.7. The van der Waals surface area contributed by atoms with Crippen molar-refractivity contribution in [1.82, 2.24) is 0 Å². The highest BCUT2D eigenvalue weighted by atomic mass is 16.7. The zero-order valence-electron chi connectivity index (χ0n) is 12.0. The van der Waals surface area contributed by atoms with Crippen molar-refractivity contribution in [2.45, 2.75) is 54.8 Å². The van der Waals surface area contributed by atoms with Gasteiger partial charge in [0.05, 0.1) is 19.8 Å². The van der Waals surface area contributed by atoms with Crippen molar-refractivity contribution in [3.05, 3.63) is 0 Å². The molecule has 0 aromatic rings. The maximum Gasteiger partial charge on any atom is 0.219 e. The summed E-state index contributed by atoms with van der Waals surface area (Å²) in [6, 6.07) is 0. The second-order valence-electron chi connectivity index (χ2n) is 5.63. The Balaban J connectivity index is 1.95. The van der Waals surface area contributed by atoms with Gasteiger partial charge in [-0.05, 0) is 0 Å². The molecule has 2 saturated heterocycles. The van der Waals surface area contributed by atoms with Gasteiger partial charge in [0.25, 0.3) is 0 Å². The van der Waals surface area contributed by atoms with E-state index in [0.717, 1.165) is 0 Å². The van der Waals surface area contributed by atoms with Crippen LogP contribution < -0.4 is 0 Å². The first kappa shape index (κ1) is 18.9. The first-order valence-electron chi connectivity index (χ1n) is 7.04. The van der Waals surface area contributed by atoms with Crippen LogP contribution in [-0.2, 0) is 14.2 Å². The number of aliphatic hydroxyl groups excluding tert-OH is 7. The molecule has 0 saturated carbocycles. The molecular formula is C12H22O11. The first-order valence-corrected chi connectivity index (χ1v) is 7.04. The highest BCUT2D eigenvalue weighted by Gasteiger charge is 2.53. The normalized spacial score (nSPS) is 51.1. The van der Waals surface area contributed by atoms with Crippen molar-refractivity contribution in [2.24, 2.45) is 0 Å². The largest absolute Gasteiger partial charge is 0.394 e. The topological polar surface area (TPSA) is 190 Å². The minimum absolute atomic E-state index is 0.469. The summed E-state index contributed by atoms with van der Waals surface area (Å²) in [6.07, 6.45) is -12.0. The maximum absolute atomic E-state index is 9.78. The van der Waals surface area contributed by atoms with E-state index in [0.29, 0.717) is 0 Å². The molecular weight excluding hydrogens is 320 g/mol. The van der Waals surface area contributed by atoms with Gasteiger partial charge in [0.15, 0.2) is 6.29 Å². The number of hydrogen-bond donors (Lipinski definition) is 8. The predicted octanol–water partition coefficient (Wildman–Crippen LogP) is -5.40. The summed E-state index contributed by atoms with van der Waals surface area (Å²) in [6.45, 7) is -2.05. The van der Waals surface area contributed by atoms with Gasteiger partial charge in [-0.25, -0.2) is 0 Å². The van der Waals surface area contributed by atoms with Crippen molar-refractivity contribution in [1.29, 1.82) is 0 Å². The molecule has 9 atom stereocenters. The fraction of sp³-hybridized carbons (Fsp3) is 1.00. The Morgan fingerprint density at radius 1 is 0.870 bits per heavy atom. The minimum Gasteiger partial charge on any atom is -0.394 e. The molecule has 0 amide bonds. The molecule has 0 aromatic heterocycles. The molecule has 2 heterocycles. The van der Waals surface area contributed by atoms with E-state index in [1.54, 1.807) is 0 Å². The lowest BCUT2D eigenvalue weighted by Crippen LogP contribution is -2.59. The summed E-state index contributed by atoms with van der Waals surface area (Å²) in [4.78, 5) is 0. The van der Waals surface area contributed by atoms with Crippen molar-refractivity contribution in [3.63, 3.8) is 0 Å². The van der Waals surface area contributed by atoms with Gasteiger partial charge in [0.1, 0.15) is 42.7 Å². The van der Waals surface area contributed by atoms with Crippen LogP contribution in [0.25, 0.3) is 0 Å². The lowest BCUT2D eigenvalue weighted by atomic mass is 9.99. The van der Waals surface area contributed by atoms with Gasteiger partial charge in [-0.1, -0.05) is 0 Å². The molecule has 4 unspecified atom stereocenters. The van der Waals surface area contributed by atoms with Crippen molar-refractivity contribution < 1.29 is 55.1 Å². The van der Waals surface area contributed by atoms with Gasteiger partial charge in [-0.3, -0.25) is 0 Å². The summed E-state index contributed by atoms with van der Waals surface area (Å²) in [7, 11) is 0. The molecule has 0 bridgehead atoms. The highest BCUT2D eigenvalue weighted by molar-refractivity contribution is 4.95. The van der Waals surface area contributed by atoms with E-state index in [1.165, 1.54) is 0 Å². The summed E-state index contributed by atoms with van der Waals surface area (Å²) >= 11 is 0. The Hall–Kier alpha value is -0.440. The quantitative estimate of drug-likeness (QED) is 0.238. The summed E-state index contributed by atoms with van der Waals surface area (Å²) in [5.41, 5.74) is 0. The third-order valence-electron chi connectivity index (χ3n) is 4.02. The van der Waals surface area contributed by atoms with Gasteiger partial charge in [0.2, 0.25) is 5.79 Å². The van der Waals surface area contributed by atoms with Crippen LogP contribution in [0.4, 0.5) is 0 Å². The average Bonchev–Trinajstić information content (AvgIpc) is 2.77. The van der Waals surface area contributed by atoms with Crippen LogP contribution in [0.15, 0.2) is 0 Å². The molecule has 8 N–H and O–H groups in total. The SMILES string of the molecule is OCC1O[C@H](OC[C@H]2OC(O)(CO)[C@@H](O)[C@H]2O)C(O)C(O)[C@@H]1O. The Labute approximate surface area is 130 Å². The molecule has 0 aliphatic carbocycles. The molecule has 23 heavy (non-hydrogen) atoms. The zero-order chi connectivity index (χ0) is 17.4. The van der Waals surface area contributed by atoms with Crippen LogP contribution in [0, 0.1) is 0 Å². The van der Waals surface area contributed by atoms with Gasteiger partial charge in [0, 0.05) is 0 Å². The molecule has 2 fully saturated rings. The third-order valence-corrected chi connectivity index (χ3v) is 4.02. The van der Waals surface area contributed by atoms with E-state index in [4.69, 9.17) is 24.4 Å². The molecule has 0 spiro atoms. The number of ether oxygens (including phenoxy) is 3. The molecule has 11 nitrogen and oxygen atoms in total. The van der Waals surface area contributed by atoms with Crippen molar-refractivity contribution in [3.8, 4) is 0 Å². The van der Waals surface area contributed by atoms with Crippen molar-refractivity contribution >= 4 is 0 Å². The van der Waals surface area contributed by atoms with Gasteiger partial charge in [-0.2, -0.15) is 0 Å². The van der Waals surface area contributed by atoms with Gasteiger partial charge >= 0.3 is 0 Å². The second kappa shape index (κ2) is 7.21. The van der Waals surface area contributed by atoms with Crippen LogP contribution in [0.3, 0.4) is 0 Å². The van der Waals surface area contributed by atoms with E-state index in [-0.39, 0.29) is 0 Å². The minimum atomic E-state index is -2.34. The number of aliphatic hydroxyl groups is 8. The van der Waals surface area contributed by atoms with E-state index in [1.807, 2.05) is 0 Å². The van der Waals surface area contributed by atoms with Crippen LogP contribution in [0.5, 0.6) is 0 Å². The number of rotatable bonds is 5. The molecule has 2 rings (SSSR count). The predicted molar refractivity (Wildman–Crippen MR) is 68.6 cm³/mol. The maximum atomic E-state index is 9.78. The Kier molecular flexibility index (Phi) is 5.92. The van der Waals surface area contributed by atoms with E-state index >= 15 is 0 Å². The molecule has 0 aromatic carbocycles. The van der Waals surface area contributed by atoms with E-state index < -0.39 is 74.6 Å². The molecule has 2 aliphatic rings. The highest BCUT2D eigenvalue weighted by Crippen LogP contribution is 2.30. The van der Waals surface area contributed by atoms with Gasteiger partial charge < -0.3 is 55.1 Å². The fourth-order valence-electron chi connectivity index (χ4n) is 2.53. The molecule has 136 valence electrons. The third kappa shape index (κ3) is 3.50. The summed E-state index contributed by atoms with van der Waals surface area (Å²) in [5.74, 6) is -2.34. The Bertz CT molecular complexity index is 393. The van der Waals surface area contributed by atoms with Crippen LogP contribution in [-0.4, -0.2) is 115 Å².